The minimum absolute atomic E-state index is 0.0822. The lowest BCUT2D eigenvalue weighted by molar-refractivity contribution is -0.147. The summed E-state index contributed by atoms with van der Waals surface area (Å²) in [5.41, 5.74) is 0.824. The molecule has 1 aromatic carbocycles. The lowest BCUT2D eigenvalue weighted by atomic mass is 9.97. The summed E-state index contributed by atoms with van der Waals surface area (Å²) in [6, 6.07) is 7.08. The maximum Gasteiger partial charge on any atom is 0.410 e. The number of hydrogen-bond donors (Lipinski definition) is 2. The van der Waals surface area contributed by atoms with Gasteiger partial charge in [-0.1, -0.05) is 37.3 Å². The van der Waals surface area contributed by atoms with Gasteiger partial charge in [0.2, 0.25) is 5.91 Å². The van der Waals surface area contributed by atoms with Crippen LogP contribution >= 0.6 is 0 Å². The highest BCUT2D eigenvalue weighted by atomic mass is 16.6. The van der Waals surface area contributed by atoms with Crippen molar-refractivity contribution >= 4 is 23.9 Å². The molecule has 0 aromatic heterocycles. The molecule has 0 aliphatic carbocycles. The molecule has 2 amide bonds. The Morgan fingerprint density at radius 3 is 2.53 bits per heavy atom. The number of esters is 1. The molecule has 9 heteroatoms. The van der Waals surface area contributed by atoms with Crippen LogP contribution in [-0.4, -0.2) is 59.2 Å². The van der Waals surface area contributed by atoms with Crippen LogP contribution in [0.1, 0.15) is 38.7 Å². The Balaban J connectivity index is 1.96. The van der Waals surface area contributed by atoms with E-state index in [0.717, 1.165) is 5.56 Å². The van der Waals surface area contributed by atoms with E-state index in [4.69, 9.17) is 9.47 Å². The molecule has 0 radical (unpaired) electrons. The topological polar surface area (TPSA) is 122 Å². The number of likely N-dealkylation sites (tertiary alicyclic amines) is 1. The second kappa shape index (κ2) is 11.2. The number of aliphatic carboxylic acids is 1. The second-order valence-corrected chi connectivity index (χ2v) is 7.20. The van der Waals surface area contributed by atoms with E-state index in [-0.39, 0.29) is 19.6 Å². The Morgan fingerprint density at radius 1 is 1.20 bits per heavy atom. The number of nitrogens with one attached hydrogen (secondary N) is 1. The van der Waals surface area contributed by atoms with Crippen LogP contribution in [0.3, 0.4) is 0 Å². The number of carboxylic acids is 1. The van der Waals surface area contributed by atoms with Crippen LogP contribution in [0.5, 0.6) is 0 Å². The summed E-state index contributed by atoms with van der Waals surface area (Å²) in [6.45, 7) is 3.83. The predicted molar refractivity (Wildman–Crippen MR) is 106 cm³/mol. The predicted octanol–water partition coefficient (Wildman–Crippen LogP) is 1.95. The van der Waals surface area contributed by atoms with Crippen LogP contribution in [0.2, 0.25) is 0 Å². The van der Waals surface area contributed by atoms with Crippen LogP contribution < -0.4 is 5.32 Å². The zero-order chi connectivity index (χ0) is 22.1. The summed E-state index contributed by atoms with van der Waals surface area (Å²) in [5, 5.41) is 12.0. The first-order valence-electron chi connectivity index (χ1n) is 9.99. The summed E-state index contributed by atoms with van der Waals surface area (Å²) < 4.78 is 10.1. The first-order valence-corrected chi connectivity index (χ1v) is 9.99. The summed E-state index contributed by atoms with van der Waals surface area (Å²) in [7, 11) is 0. The maximum absolute atomic E-state index is 12.7. The highest BCUT2D eigenvalue weighted by molar-refractivity contribution is 5.90. The number of ether oxygens (including phenoxy) is 2. The fourth-order valence-corrected chi connectivity index (χ4v) is 3.36. The van der Waals surface area contributed by atoms with Gasteiger partial charge in [0, 0.05) is 6.54 Å². The molecule has 164 valence electrons. The van der Waals surface area contributed by atoms with Gasteiger partial charge in [0.1, 0.15) is 18.7 Å². The molecule has 2 N–H and O–H groups in total. The van der Waals surface area contributed by atoms with E-state index in [1.807, 2.05) is 30.3 Å². The summed E-state index contributed by atoms with van der Waals surface area (Å²) in [5.74, 6) is -3.04. The van der Waals surface area contributed by atoms with E-state index >= 15 is 0 Å². The van der Waals surface area contributed by atoms with Gasteiger partial charge < -0.3 is 19.9 Å². The summed E-state index contributed by atoms with van der Waals surface area (Å²) in [6.07, 6.45) is 0.251. The van der Waals surface area contributed by atoms with E-state index < -0.39 is 41.9 Å². The number of benzene rings is 1. The third-order valence-corrected chi connectivity index (χ3v) is 4.92. The first-order chi connectivity index (χ1) is 14.3. The largest absolute Gasteiger partial charge is 0.480 e. The Morgan fingerprint density at radius 2 is 1.90 bits per heavy atom. The van der Waals surface area contributed by atoms with Crippen molar-refractivity contribution in [1.82, 2.24) is 10.2 Å². The molecule has 30 heavy (non-hydrogen) atoms. The SMILES string of the molecule is CCOC(=O)C[C@H](C)[C@@H](NC(=O)[C@H]1CCCN1C(=O)OCc1ccccc1)C(=O)O. The fourth-order valence-electron chi connectivity index (χ4n) is 3.36. The molecule has 1 aliphatic heterocycles. The highest BCUT2D eigenvalue weighted by Crippen LogP contribution is 2.20. The molecule has 0 spiro atoms. The van der Waals surface area contributed by atoms with Crippen molar-refractivity contribution in [1.29, 1.82) is 0 Å². The van der Waals surface area contributed by atoms with Crippen LogP contribution in [0, 0.1) is 5.92 Å². The minimum atomic E-state index is -1.27. The molecule has 3 atom stereocenters. The Kier molecular flexibility index (Phi) is 8.64. The zero-order valence-electron chi connectivity index (χ0n) is 17.2. The van der Waals surface area contributed by atoms with Gasteiger partial charge in [-0.2, -0.15) is 0 Å². The van der Waals surface area contributed by atoms with Gasteiger partial charge in [-0.3, -0.25) is 14.5 Å². The van der Waals surface area contributed by atoms with Gasteiger partial charge in [-0.25, -0.2) is 9.59 Å². The van der Waals surface area contributed by atoms with E-state index in [1.54, 1.807) is 13.8 Å². The van der Waals surface area contributed by atoms with E-state index in [1.165, 1.54) is 4.90 Å². The summed E-state index contributed by atoms with van der Waals surface area (Å²) in [4.78, 5) is 49.8. The van der Waals surface area contributed by atoms with E-state index in [9.17, 15) is 24.3 Å². The van der Waals surface area contributed by atoms with E-state index in [2.05, 4.69) is 5.32 Å². The van der Waals surface area contributed by atoms with Crippen molar-refractivity contribution in [2.24, 2.45) is 5.92 Å². The normalized spacial score (nSPS) is 17.7. The maximum atomic E-state index is 12.7. The number of amides is 2. The average Bonchev–Trinajstić information content (AvgIpc) is 3.20. The number of carbonyl (C=O) groups excluding carboxylic acids is 3. The number of carbonyl (C=O) groups is 4. The lowest BCUT2D eigenvalue weighted by Crippen LogP contribution is -2.53. The molecular weight excluding hydrogens is 392 g/mol. The van der Waals surface area contributed by atoms with Crippen molar-refractivity contribution in [3.8, 4) is 0 Å². The lowest BCUT2D eigenvalue weighted by Gasteiger charge is -2.26. The van der Waals surface area contributed by atoms with Gasteiger partial charge in [0.15, 0.2) is 0 Å². The van der Waals surface area contributed by atoms with Gasteiger partial charge >= 0.3 is 18.0 Å². The monoisotopic (exact) mass is 420 g/mol. The molecule has 1 saturated heterocycles. The quantitative estimate of drug-likeness (QED) is 0.586. The van der Waals surface area contributed by atoms with Crippen LogP contribution in [-0.2, 0) is 30.5 Å². The van der Waals surface area contributed by atoms with Gasteiger partial charge in [0.05, 0.1) is 13.0 Å². The first kappa shape index (κ1) is 23.2. The molecule has 9 nitrogen and oxygen atoms in total. The average molecular weight is 420 g/mol. The Bertz CT molecular complexity index is 753. The van der Waals surface area contributed by atoms with E-state index in [0.29, 0.717) is 19.4 Å². The number of nitrogens with zero attached hydrogens (tertiary/aromatic N) is 1. The fraction of sp³-hybridized carbons (Fsp3) is 0.524. The molecule has 1 aliphatic rings. The smallest absolute Gasteiger partial charge is 0.410 e. The molecular formula is C21H28N2O7. The molecule has 1 aromatic rings. The highest BCUT2D eigenvalue weighted by Gasteiger charge is 2.38. The van der Waals surface area contributed by atoms with Gasteiger partial charge in [-0.15, -0.1) is 0 Å². The number of carboxylic acid groups (broad SMARTS) is 1. The van der Waals surface area contributed by atoms with Gasteiger partial charge in [0.25, 0.3) is 0 Å². The standard InChI is InChI=1S/C21H28N2O7/c1-3-29-17(24)12-14(2)18(20(26)27)22-19(25)16-10-7-11-23(16)21(28)30-13-15-8-5-4-6-9-15/h4-6,8-9,14,16,18H,3,7,10-13H2,1-2H3,(H,22,25)(H,26,27)/t14-,16+,18+/m0/s1. The Hall–Kier alpha value is -3.10. The van der Waals surface area contributed by atoms with Crippen molar-refractivity contribution < 1.29 is 33.8 Å². The summed E-state index contributed by atoms with van der Waals surface area (Å²) >= 11 is 0. The third-order valence-electron chi connectivity index (χ3n) is 4.92. The number of hydrogen-bond acceptors (Lipinski definition) is 6. The second-order valence-electron chi connectivity index (χ2n) is 7.20. The van der Waals surface area contributed by atoms with Crippen LogP contribution in [0.15, 0.2) is 30.3 Å². The molecule has 0 bridgehead atoms. The van der Waals surface area contributed by atoms with Crippen molar-refractivity contribution in [2.75, 3.05) is 13.2 Å². The zero-order valence-corrected chi connectivity index (χ0v) is 17.2. The molecule has 1 heterocycles. The van der Waals surface area contributed by atoms with Crippen molar-refractivity contribution in [3.05, 3.63) is 35.9 Å². The third kappa shape index (κ3) is 6.47. The molecule has 0 unspecified atom stereocenters. The van der Waals surface area contributed by atoms with Crippen molar-refractivity contribution in [3.63, 3.8) is 0 Å². The molecule has 2 rings (SSSR count). The minimum Gasteiger partial charge on any atom is -0.480 e. The number of rotatable bonds is 9. The van der Waals surface area contributed by atoms with Crippen LogP contribution in [0.25, 0.3) is 0 Å². The van der Waals surface area contributed by atoms with Crippen molar-refractivity contribution in [2.45, 2.75) is 51.8 Å². The molecule has 1 fully saturated rings. The Labute approximate surface area is 175 Å². The van der Waals surface area contributed by atoms with Gasteiger partial charge in [-0.05, 0) is 31.2 Å². The molecule has 0 saturated carbocycles. The van der Waals surface area contributed by atoms with Crippen LogP contribution in [0.4, 0.5) is 4.79 Å².